The first kappa shape index (κ1) is 21.0. The van der Waals surface area contributed by atoms with Gasteiger partial charge in [-0.1, -0.05) is 37.0 Å². The lowest BCUT2D eigenvalue weighted by Gasteiger charge is -2.30. The number of halogens is 2. The van der Waals surface area contributed by atoms with Crippen LogP contribution in [0.25, 0.3) is 0 Å². The van der Waals surface area contributed by atoms with Crippen LogP contribution in [0.15, 0.2) is 35.2 Å². The number of carbonyl (C=O) groups is 1. The highest BCUT2D eigenvalue weighted by atomic mass is 35.5. The minimum Gasteiger partial charge on any atom is -0.307 e. The van der Waals surface area contributed by atoms with E-state index in [1.807, 2.05) is 13.8 Å². The second kappa shape index (κ2) is 8.37. The molecule has 2 heterocycles. The Morgan fingerprint density at radius 3 is 2.57 bits per heavy atom. The zero-order valence-corrected chi connectivity index (χ0v) is 18.0. The molecule has 0 aliphatic carbocycles. The van der Waals surface area contributed by atoms with E-state index in [1.165, 1.54) is 16.4 Å². The van der Waals surface area contributed by atoms with Gasteiger partial charge < -0.3 is 4.90 Å². The Labute approximate surface area is 175 Å². The Balaban J connectivity index is 2.00. The molecule has 3 rings (SSSR count). The summed E-state index contributed by atoms with van der Waals surface area (Å²) in [5.74, 6) is -0.354. The number of benzene rings is 1. The van der Waals surface area contributed by atoms with Crippen LogP contribution in [0, 0.1) is 0 Å². The molecule has 9 heteroatoms. The predicted molar refractivity (Wildman–Crippen MR) is 111 cm³/mol. The molecule has 0 saturated carbocycles. The molecule has 1 aliphatic rings. The number of hydrogen-bond acceptors (Lipinski definition) is 4. The SMILES string of the molecule is CCN(CC)S(=O)(=O)c1ccc2c(c1)CCCN2C(=O)c1nc(Cl)ccc1Cl. The summed E-state index contributed by atoms with van der Waals surface area (Å²) in [6.45, 7) is 4.92. The summed E-state index contributed by atoms with van der Waals surface area (Å²) < 4.78 is 27.0. The van der Waals surface area contributed by atoms with E-state index in [0.29, 0.717) is 38.2 Å². The molecule has 0 atom stereocenters. The fourth-order valence-electron chi connectivity index (χ4n) is 3.35. The van der Waals surface area contributed by atoms with Crippen molar-refractivity contribution in [3.8, 4) is 0 Å². The van der Waals surface area contributed by atoms with Gasteiger partial charge in [-0.25, -0.2) is 13.4 Å². The first-order valence-corrected chi connectivity index (χ1v) is 11.3. The van der Waals surface area contributed by atoms with Gasteiger partial charge in [0.25, 0.3) is 5.91 Å². The summed E-state index contributed by atoms with van der Waals surface area (Å²) in [6, 6.07) is 7.95. The van der Waals surface area contributed by atoms with Crippen molar-refractivity contribution >= 4 is 44.8 Å². The van der Waals surface area contributed by atoms with Crippen LogP contribution in [0.5, 0.6) is 0 Å². The number of fused-ring (bicyclic) bond motifs is 1. The van der Waals surface area contributed by atoms with Gasteiger partial charge in [-0.05, 0) is 48.7 Å². The molecule has 1 aromatic heterocycles. The van der Waals surface area contributed by atoms with Crippen LogP contribution in [0.2, 0.25) is 10.2 Å². The molecule has 0 fully saturated rings. The molecule has 28 heavy (non-hydrogen) atoms. The largest absolute Gasteiger partial charge is 0.307 e. The normalized spacial score (nSPS) is 14.2. The number of rotatable bonds is 5. The van der Waals surface area contributed by atoms with Crippen molar-refractivity contribution < 1.29 is 13.2 Å². The molecule has 6 nitrogen and oxygen atoms in total. The molecule has 1 aliphatic heterocycles. The highest BCUT2D eigenvalue weighted by Crippen LogP contribution is 2.32. The summed E-state index contributed by atoms with van der Waals surface area (Å²) in [5, 5.41) is 0.410. The molecule has 2 aromatic rings. The molecule has 0 radical (unpaired) electrons. The lowest BCUT2D eigenvalue weighted by molar-refractivity contribution is 0.0980. The first-order chi connectivity index (χ1) is 13.3. The topological polar surface area (TPSA) is 70.6 Å². The number of hydrogen-bond donors (Lipinski definition) is 0. The van der Waals surface area contributed by atoms with Crippen molar-refractivity contribution in [2.45, 2.75) is 31.6 Å². The first-order valence-electron chi connectivity index (χ1n) is 9.06. The molecular weight excluding hydrogens is 421 g/mol. The second-order valence-corrected chi connectivity index (χ2v) is 9.14. The smallest absolute Gasteiger partial charge is 0.278 e. The van der Waals surface area contributed by atoms with E-state index in [1.54, 1.807) is 23.1 Å². The number of carbonyl (C=O) groups excluding carboxylic acids is 1. The summed E-state index contributed by atoms with van der Waals surface area (Å²) in [6.07, 6.45) is 1.41. The predicted octanol–water partition coefficient (Wildman–Crippen LogP) is 4.01. The third-order valence-electron chi connectivity index (χ3n) is 4.77. The molecule has 0 saturated heterocycles. The van der Waals surface area contributed by atoms with Crippen LogP contribution in [-0.2, 0) is 16.4 Å². The van der Waals surface area contributed by atoms with E-state index < -0.39 is 10.0 Å². The zero-order valence-electron chi connectivity index (χ0n) is 15.7. The van der Waals surface area contributed by atoms with E-state index in [-0.39, 0.29) is 26.7 Å². The van der Waals surface area contributed by atoms with Crippen molar-refractivity contribution in [3.05, 3.63) is 51.8 Å². The fourth-order valence-corrected chi connectivity index (χ4v) is 5.20. The molecule has 1 amide bonds. The number of aromatic nitrogens is 1. The monoisotopic (exact) mass is 441 g/mol. The molecular formula is C19H21Cl2N3O3S. The number of sulfonamides is 1. The van der Waals surface area contributed by atoms with Gasteiger partial charge in [0.15, 0.2) is 0 Å². The van der Waals surface area contributed by atoms with Crippen LogP contribution < -0.4 is 4.90 Å². The number of nitrogens with zero attached hydrogens (tertiary/aromatic N) is 3. The zero-order chi connectivity index (χ0) is 20.5. The van der Waals surface area contributed by atoms with Gasteiger partial charge in [0.1, 0.15) is 10.8 Å². The van der Waals surface area contributed by atoms with Crippen molar-refractivity contribution in [1.82, 2.24) is 9.29 Å². The number of pyridine rings is 1. The van der Waals surface area contributed by atoms with Gasteiger partial charge in [0.05, 0.1) is 9.92 Å². The Morgan fingerprint density at radius 1 is 1.18 bits per heavy atom. The van der Waals surface area contributed by atoms with Crippen LogP contribution in [0.1, 0.15) is 36.3 Å². The van der Waals surface area contributed by atoms with Gasteiger partial charge in [-0.3, -0.25) is 4.79 Å². The van der Waals surface area contributed by atoms with Crippen molar-refractivity contribution in [1.29, 1.82) is 0 Å². The summed E-state index contributed by atoms with van der Waals surface area (Å²) in [5.41, 5.74) is 1.57. The average molecular weight is 442 g/mol. The Hall–Kier alpha value is -1.67. The second-order valence-electron chi connectivity index (χ2n) is 6.40. The van der Waals surface area contributed by atoms with Gasteiger partial charge in [0.2, 0.25) is 10.0 Å². The maximum Gasteiger partial charge on any atom is 0.278 e. The maximum atomic E-state index is 13.0. The molecule has 0 unspecified atom stereocenters. The summed E-state index contributed by atoms with van der Waals surface area (Å²) in [7, 11) is -3.56. The van der Waals surface area contributed by atoms with E-state index in [2.05, 4.69) is 4.98 Å². The van der Waals surface area contributed by atoms with Crippen molar-refractivity contribution in [2.24, 2.45) is 0 Å². The Morgan fingerprint density at radius 2 is 1.89 bits per heavy atom. The minimum atomic E-state index is -3.56. The Bertz CT molecular complexity index is 1010. The van der Waals surface area contributed by atoms with Gasteiger partial charge in [-0.15, -0.1) is 0 Å². The molecule has 0 bridgehead atoms. The quantitative estimate of drug-likeness (QED) is 0.656. The fraction of sp³-hybridized carbons (Fsp3) is 0.368. The van der Waals surface area contributed by atoms with E-state index >= 15 is 0 Å². The standard InChI is InChI=1S/C19H21Cl2N3O3S/c1-3-23(4-2)28(26,27)14-7-9-16-13(12-14)6-5-11-24(16)19(25)18-15(20)8-10-17(21)22-18/h7-10,12H,3-6,11H2,1-2H3. The van der Waals surface area contributed by atoms with E-state index in [0.717, 1.165) is 5.56 Å². The summed E-state index contributed by atoms with van der Waals surface area (Å²) in [4.78, 5) is 18.9. The minimum absolute atomic E-state index is 0.0851. The van der Waals surface area contributed by atoms with Crippen molar-refractivity contribution in [3.63, 3.8) is 0 Å². The average Bonchev–Trinajstić information content (AvgIpc) is 2.69. The highest BCUT2D eigenvalue weighted by Gasteiger charge is 2.29. The maximum absolute atomic E-state index is 13.0. The molecule has 0 spiro atoms. The lowest BCUT2D eigenvalue weighted by atomic mass is 10.0. The third-order valence-corrected chi connectivity index (χ3v) is 7.33. The number of anilines is 1. The van der Waals surface area contributed by atoms with Crippen LogP contribution >= 0.6 is 23.2 Å². The third kappa shape index (κ3) is 3.89. The Kier molecular flexibility index (Phi) is 6.29. The molecule has 0 N–H and O–H groups in total. The molecule has 150 valence electrons. The van der Waals surface area contributed by atoms with Gasteiger partial charge in [0, 0.05) is 25.3 Å². The highest BCUT2D eigenvalue weighted by molar-refractivity contribution is 7.89. The van der Waals surface area contributed by atoms with Gasteiger partial charge in [-0.2, -0.15) is 4.31 Å². The van der Waals surface area contributed by atoms with Crippen LogP contribution in [-0.4, -0.2) is 43.2 Å². The van der Waals surface area contributed by atoms with E-state index in [9.17, 15) is 13.2 Å². The van der Waals surface area contributed by atoms with Crippen molar-refractivity contribution in [2.75, 3.05) is 24.5 Å². The number of amides is 1. The lowest BCUT2D eigenvalue weighted by Crippen LogP contribution is -2.36. The van der Waals surface area contributed by atoms with Crippen LogP contribution in [0.3, 0.4) is 0 Å². The number of aryl methyl sites for hydroxylation is 1. The van der Waals surface area contributed by atoms with Crippen LogP contribution in [0.4, 0.5) is 5.69 Å². The summed E-state index contributed by atoms with van der Waals surface area (Å²) >= 11 is 12.1. The van der Waals surface area contributed by atoms with E-state index in [4.69, 9.17) is 23.2 Å². The van der Waals surface area contributed by atoms with Gasteiger partial charge >= 0.3 is 0 Å². The molecule has 1 aromatic carbocycles.